The number of carbonyl (C=O) groups is 1. The lowest BCUT2D eigenvalue weighted by Crippen LogP contribution is -2.43. The van der Waals surface area contributed by atoms with E-state index in [9.17, 15) is 13.2 Å². The summed E-state index contributed by atoms with van der Waals surface area (Å²) >= 11 is 0. The van der Waals surface area contributed by atoms with Crippen LogP contribution in [-0.2, 0) is 21.1 Å². The van der Waals surface area contributed by atoms with E-state index in [1.165, 1.54) is 5.56 Å². The Bertz CT molecular complexity index is 579. The minimum absolute atomic E-state index is 0. The van der Waals surface area contributed by atoms with E-state index in [4.69, 9.17) is 5.73 Å². The lowest BCUT2D eigenvalue weighted by Gasteiger charge is -2.29. The molecule has 1 aromatic carbocycles. The van der Waals surface area contributed by atoms with Crippen molar-refractivity contribution < 1.29 is 13.2 Å². The Morgan fingerprint density at radius 1 is 1.13 bits per heavy atom. The Kier molecular flexibility index (Phi) is 8.02. The lowest BCUT2D eigenvalue weighted by molar-refractivity contribution is -0.135. The van der Waals surface area contributed by atoms with Crippen molar-refractivity contribution in [2.45, 2.75) is 19.3 Å². The van der Waals surface area contributed by atoms with E-state index in [0.717, 1.165) is 6.42 Å². The monoisotopic (exact) mass is 360 g/mol. The molecule has 2 N–H and O–H groups in total. The van der Waals surface area contributed by atoms with Gasteiger partial charge < -0.3 is 10.6 Å². The molecule has 2 rings (SSSR count). The number of benzene rings is 1. The van der Waals surface area contributed by atoms with Gasteiger partial charge in [-0.3, -0.25) is 4.79 Å². The largest absolute Gasteiger partial charge is 0.341 e. The average molecular weight is 361 g/mol. The average Bonchev–Trinajstić information content (AvgIpc) is 2.52. The molecule has 1 aliphatic heterocycles. The first-order chi connectivity index (χ1) is 10.5. The maximum Gasteiger partial charge on any atom is 0.225 e. The van der Waals surface area contributed by atoms with Crippen molar-refractivity contribution in [1.29, 1.82) is 0 Å². The molecule has 0 saturated carbocycles. The van der Waals surface area contributed by atoms with Crippen molar-refractivity contribution in [1.82, 2.24) is 4.90 Å². The molecule has 1 aliphatic rings. The van der Waals surface area contributed by atoms with Crippen molar-refractivity contribution in [2.75, 3.05) is 31.1 Å². The number of sulfone groups is 1. The molecule has 0 radical (unpaired) electrons. The van der Waals surface area contributed by atoms with Crippen molar-refractivity contribution in [2.24, 2.45) is 11.7 Å². The number of amides is 1. The third-order valence-electron chi connectivity index (χ3n) is 4.13. The molecule has 5 nitrogen and oxygen atoms in total. The zero-order valence-electron chi connectivity index (χ0n) is 13.2. The van der Waals surface area contributed by atoms with Crippen LogP contribution < -0.4 is 5.73 Å². The number of nitrogens with two attached hydrogens (primary N) is 1. The van der Waals surface area contributed by atoms with Crippen LogP contribution in [-0.4, -0.2) is 50.4 Å². The first-order valence-corrected chi connectivity index (χ1v) is 9.57. The summed E-state index contributed by atoms with van der Waals surface area (Å²) in [5.41, 5.74) is 6.80. The van der Waals surface area contributed by atoms with Gasteiger partial charge in [0, 0.05) is 25.6 Å². The smallest absolute Gasteiger partial charge is 0.225 e. The Morgan fingerprint density at radius 3 is 2.30 bits per heavy atom. The molecule has 0 unspecified atom stereocenters. The normalized spacial score (nSPS) is 17.3. The molecule has 1 fully saturated rings. The fraction of sp³-hybridized carbons (Fsp3) is 0.562. The molecule has 23 heavy (non-hydrogen) atoms. The summed E-state index contributed by atoms with van der Waals surface area (Å²) in [5, 5.41) is 0. The highest BCUT2D eigenvalue weighted by atomic mass is 35.5. The number of rotatable bonds is 6. The molecule has 0 bridgehead atoms. The zero-order chi connectivity index (χ0) is 16.0. The van der Waals surface area contributed by atoms with Gasteiger partial charge in [-0.15, -0.1) is 12.4 Å². The highest BCUT2D eigenvalue weighted by Crippen LogP contribution is 2.21. The van der Waals surface area contributed by atoms with E-state index in [0.29, 0.717) is 32.5 Å². The van der Waals surface area contributed by atoms with Crippen LogP contribution in [0.25, 0.3) is 0 Å². The molecule has 0 aromatic heterocycles. The van der Waals surface area contributed by atoms with Gasteiger partial charge in [0.05, 0.1) is 11.5 Å². The van der Waals surface area contributed by atoms with Crippen LogP contribution in [0.1, 0.15) is 18.4 Å². The van der Waals surface area contributed by atoms with Gasteiger partial charge in [-0.05, 0) is 24.8 Å². The minimum Gasteiger partial charge on any atom is -0.341 e. The summed E-state index contributed by atoms with van der Waals surface area (Å²) < 4.78 is 23.0. The van der Waals surface area contributed by atoms with E-state index in [1.807, 2.05) is 30.3 Å². The molecule has 1 saturated heterocycles. The third kappa shape index (κ3) is 6.12. The van der Waals surface area contributed by atoms with Gasteiger partial charge in [-0.1, -0.05) is 30.3 Å². The van der Waals surface area contributed by atoms with E-state index >= 15 is 0 Å². The Morgan fingerprint density at radius 2 is 1.74 bits per heavy atom. The van der Waals surface area contributed by atoms with Gasteiger partial charge in [-0.2, -0.15) is 0 Å². The van der Waals surface area contributed by atoms with Crippen LogP contribution >= 0.6 is 12.4 Å². The van der Waals surface area contributed by atoms with Crippen LogP contribution in [0.5, 0.6) is 0 Å². The molecule has 1 aromatic rings. The fourth-order valence-electron chi connectivity index (χ4n) is 2.79. The highest BCUT2D eigenvalue weighted by Gasteiger charge is 2.30. The number of hydrogen-bond acceptors (Lipinski definition) is 4. The van der Waals surface area contributed by atoms with Crippen molar-refractivity contribution in [3.8, 4) is 0 Å². The Balaban J connectivity index is 0.00000264. The van der Waals surface area contributed by atoms with Gasteiger partial charge in [0.25, 0.3) is 0 Å². The van der Waals surface area contributed by atoms with Crippen molar-refractivity contribution in [3.05, 3.63) is 35.9 Å². The Labute approximate surface area is 144 Å². The van der Waals surface area contributed by atoms with Gasteiger partial charge >= 0.3 is 0 Å². The molecule has 0 spiro atoms. The van der Waals surface area contributed by atoms with Crippen molar-refractivity contribution >= 4 is 28.2 Å². The van der Waals surface area contributed by atoms with Crippen LogP contribution in [0.4, 0.5) is 0 Å². The van der Waals surface area contributed by atoms with Gasteiger partial charge in [0.15, 0.2) is 0 Å². The molecule has 1 heterocycles. The predicted octanol–water partition coefficient (Wildman–Crippen LogP) is 1.26. The summed E-state index contributed by atoms with van der Waals surface area (Å²) in [5.74, 6) is 0.124. The summed E-state index contributed by atoms with van der Waals surface area (Å²) in [4.78, 5) is 14.4. The van der Waals surface area contributed by atoms with Crippen LogP contribution in [0, 0.1) is 5.92 Å². The van der Waals surface area contributed by atoms with Gasteiger partial charge in [-0.25, -0.2) is 8.42 Å². The van der Waals surface area contributed by atoms with Crippen LogP contribution in [0.15, 0.2) is 30.3 Å². The molecular formula is C16H25ClN2O3S. The predicted molar refractivity (Wildman–Crippen MR) is 94.4 cm³/mol. The molecule has 1 amide bonds. The van der Waals surface area contributed by atoms with Crippen molar-refractivity contribution in [3.63, 3.8) is 0 Å². The topological polar surface area (TPSA) is 80.5 Å². The SMILES string of the molecule is Cl.NCCN(CCc1ccccc1)C(=O)C1CCS(=O)(=O)CC1. The number of halogens is 1. The van der Waals surface area contributed by atoms with Crippen LogP contribution in [0.2, 0.25) is 0 Å². The summed E-state index contributed by atoms with van der Waals surface area (Å²) in [6.45, 7) is 1.57. The molecular weight excluding hydrogens is 336 g/mol. The quantitative estimate of drug-likeness (QED) is 0.828. The lowest BCUT2D eigenvalue weighted by atomic mass is 10.0. The first kappa shape index (κ1) is 19.9. The summed E-state index contributed by atoms with van der Waals surface area (Å²) in [6, 6.07) is 10.0. The van der Waals surface area contributed by atoms with E-state index < -0.39 is 9.84 Å². The van der Waals surface area contributed by atoms with E-state index in [1.54, 1.807) is 4.90 Å². The van der Waals surface area contributed by atoms with Crippen LogP contribution in [0.3, 0.4) is 0 Å². The number of nitrogens with zero attached hydrogens (tertiary/aromatic N) is 1. The maximum atomic E-state index is 12.6. The summed E-state index contributed by atoms with van der Waals surface area (Å²) in [6.07, 6.45) is 1.67. The number of carbonyl (C=O) groups excluding carboxylic acids is 1. The molecule has 130 valence electrons. The second-order valence-corrected chi connectivity index (χ2v) is 8.08. The third-order valence-corrected chi connectivity index (χ3v) is 5.84. The minimum atomic E-state index is -2.94. The summed E-state index contributed by atoms with van der Waals surface area (Å²) in [7, 11) is -2.94. The molecule has 0 aliphatic carbocycles. The highest BCUT2D eigenvalue weighted by molar-refractivity contribution is 7.91. The second kappa shape index (κ2) is 9.25. The van der Waals surface area contributed by atoms with E-state index in [2.05, 4.69) is 0 Å². The fourth-order valence-corrected chi connectivity index (χ4v) is 4.28. The van der Waals surface area contributed by atoms with E-state index in [-0.39, 0.29) is 35.7 Å². The molecule has 0 atom stereocenters. The maximum absolute atomic E-state index is 12.6. The second-order valence-electron chi connectivity index (χ2n) is 5.78. The van der Waals surface area contributed by atoms with Gasteiger partial charge in [0.1, 0.15) is 9.84 Å². The van der Waals surface area contributed by atoms with Gasteiger partial charge in [0.2, 0.25) is 5.91 Å². The Hall–Kier alpha value is -1.11. The number of hydrogen-bond donors (Lipinski definition) is 1. The molecule has 7 heteroatoms. The first-order valence-electron chi connectivity index (χ1n) is 7.75. The zero-order valence-corrected chi connectivity index (χ0v) is 14.8. The standard InChI is InChI=1S/C16H24N2O3S.ClH/c17-9-11-18(10-6-14-4-2-1-3-5-14)16(19)15-7-12-22(20,21)13-8-15;/h1-5,15H,6-13,17H2;1H.